The molecule has 17 heavy (non-hydrogen) atoms. The highest BCUT2D eigenvalue weighted by atomic mass is 79.9. The van der Waals surface area contributed by atoms with Gasteiger partial charge in [0.2, 0.25) is 5.91 Å². The zero-order valence-corrected chi connectivity index (χ0v) is 12.0. The van der Waals surface area contributed by atoms with Crippen LogP contribution in [-0.4, -0.2) is 19.1 Å². The Morgan fingerprint density at radius 2 is 2.24 bits per heavy atom. The minimum absolute atomic E-state index is 0.0238. The Hall–Kier alpha value is -1.03. The number of rotatable bonds is 5. The van der Waals surface area contributed by atoms with Gasteiger partial charge in [0.05, 0.1) is 13.5 Å². The fourth-order valence-corrected chi connectivity index (χ4v) is 1.89. The lowest BCUT2D eigenvalue weighted by atomic mass is 10.1. The van der Waals surface area contributed by atoms with Gasteiger partial charge in [-0.2, -0.15) is 0 Å². The van der Waals surface area contributed by atoms with Gasteiger partial charge in [-0.05, 0) is 31.5 Å². The molecule has 0 aromatic heterocycles. The predicted octanol–water partition coefficient (Wildman–Crippen LogP) is 2.91. The van der Waals surface area contributed by atoms with Crippen LogP contribution in [0.1, 0.15) is 25.8 Å². The molecule has 0 aliphatic heterocycles. The van der Waals surface area contributed by atoms with Gasteiger partial charge in [-0.25, -0.2) is 0 Å². The number of amides is 1. The Labute approximate surface area is 111 Å². The van der Waals surface area contributed by atoms with Crippen LogP contribution in [0.3, 0.4) is 0 Å². The van der Waals surface area contributed by atoms with Crippen molar-refractivity contribution in [1.82, 2.24) is 5.32 Å². The first kappa shape index (κ1) is 14.0. The van der Waals surface area contributed by atoms with Gasteiger partial charge in [0.1, 0.15) is 5.75 Å². The van der Waals surface area contributed by atoms with E-state index in [1.54, 1.807) is 7.11 Å². The molecule has 1 rings (SSSR count). The summed E-state index contributed by atoms with van der Waals surface area (Å²) in [5, 5.41) is 2.94. The van der Waals surface area contributed by atoms with Crippen molar-refractivity contribution in [1.29, 1.82) is 0 Å². The molecule has 1 aromatic rings. The quantitative estimate of drug-likeness (QED) is 0.908. The van der Waals surface area contributed by atoms with Gasteiger partial charge in [-0.15, -0.1) is 0 Å². The Morgan fingerprint density at radius 1 is 1.53 bits per heavy atom. The first-order chi connectivity index (χ1) is 8.06. The maximum atomic E-state index is 11.8. The summed E-state index contributed by atoms with van der Waals surface area (Å²) in [6, 6.07) is 5.88. The number of hydrogen-bond acceptors (Lipinski definition) is 2. The van der Waals surface area contributed by atoms with Crippen LogP contribution >= 0.6 is 15.9 Å². The second-order valence-corrected chi connectivity index (χ2v) is 4.93. The molecular weight excluding hydrogens is 282 g/mol. The van der Waals surface area contributed by atoms with Crippen molar-refractivity contribution in [3.63, 3.8) is 0 Å². The zero-order chi connectivity index (χ0) is 12.8. The summed E-state index contributed by atoms with van der Waals surface area (Å²) >= 11 is 3.39. The van der Waals surface area contributed by atoms with Crippen molar-refractivity contribution in [2.75, 3.05) is 7.11 Å². The molecule has 0 saturated carbocycles. The van der Waals surface area contributed by atoms with Gasteiger partial charge in [0, 0.05) is 16.1 Å². The van der Waals surface area contributed by atoms with Crippen LogP contribution in [0.25, 0.3) is 0 Å². The van der Waals surface area contributed by atoms with Crippen LogP contribution in [0, 0.1) is 0 Å². The number of hydrogen-bond donors (Lipinski definition) is 1. The highest BCUT2D eigenvalue weighted by molar-refractivity contribution is 9.10. The van der Waals surface area contributed by atoms with E-state index >= 15 is 0 Å². The smallest absolute Gasteiger partial charge is 0.224 e. The van der Waals surface area contributed by atoms with E-state index in [0.717, 1.165) is 22.2 Å². The maximum Gasteiger partial charge on any atom is 0.224 e. The highest BCUT2D eigenvalue weighted by Crippen LogP contribution is 2.23. The molecule has 1 atom stereocenters. The summed E-state index contributed by atoms with van der Waals surface area (Å²) in [5.41, 5.74) is 0.891. The van der Waals surface area contributed by atoms with E-state index in [9.17, 15) is 4.79 Å². The number of methoxy groups -OCH3 is 1. The van der Waals surface area contributed by atoms with Crippen molar-refractivity contribution in [3.05, 3.63) is 28.2 Å². The predicted molar refractivity (Wildman–Crippen MR) is 72.3 cm³/mol. The number of carbonyl (C=O) groups excluding carboxylic acids is 1. The van der Waals surface area contributed by atoms with Crippen LogP contribution in [-0.2, 0) is 11.2 Å². The molecule has 4 heteroatoms. The molecule has 1 aromatic carbocycles. The lowest BCUT2D eigenvalue weighted by Gasteiger charge is -2.13. The van der Waals surface area contributed by atoms with Crippen molar-refractivity contribution in [3.8, 4) is 5.75 Å². The third kappa shape index (κ3) is 4.38. The maximum absolute atomic E-state index is 11.8. The first-order valence-corrected chi connectivity index (χ1v) is 6.47. The number of ether oxygens (including phenoxy) is 1. The zero-order valence-electron chi connectivity index (χ0n) is 10.4. The average Bonchev–Trinajstić information content (AvgIpc) is 2.29. The molecule has 0 heterocycles. The Balaban J connectivity index is 2.73. The van der Waals surface area contributed by atoms with Gasteiger partial charge in [-0.3, -0.25) is 4.79 Å². The summed E-state index contributed by atoms with van der Waals surface area (Å²) in [5.74, 6) is 0.767. The van der Waals surface area contributed by atoms with E-state index in [1.807, 2.05) is 32.0 Å². The number of nitrogens with one attached hydrogen (secondary N) is 1. The molecule has 0 fully saturated rings. The fourth-order valence-electron chi connectivity index (χ4n) is 1.49. The molecule has 0 saturated heterocycles. The fraction of sp³-hybridized carbons (Fsp3) is 0.462. The van der Waals surface area contributed by atoms with Crippen molar-refractivity contribution in [2.45, 2.75) is 32.7 Å². The summed E-state index contributed by atoms with van der Waals surface area (Å²) in [7, 11) is 1.61. The second kappa shape index (κ2) is 6.64. The monoisotopic (exact) mass is 299 g/mol. The van der Waals surface area contributed by atoms with Gasteiger partial charge in [-0.1, -0.05) is 22.9 Å². The third-order valence-electron chi connectivity index (χ3n) is 2.61. The summed E-state index contributed by atoms with van der Waals surface area (Å²) in [4.78, 5) is 11.8. The SMILES string of the molecule is CCC(C)NC(=O)Cc1cc(Br)ccc1OC. The second-order valence-electron chi connectivity index (χ2n) is 4.01. The summed E-state index contributed by atoms with van der Waals surface area (Å²) in [6.07, 6.45) is 1.27. The molecule has 94 valence electrons. The van der Waals surface area contributed by atoms with Gasteiger partial charge in [0.25, 0.3) is 0 Å². The average molecular weight is 300 g/mol. The molecule has 0 aliphatic carbocycles. The molecule has 0 radical (unpaired) electrons. The van der Waals surface area contributed by atoms with Crippen molar-refractivity contribution < 1.29 is 9.53 Å². The number of halogens is 1. The standard InChI is InChI=1S/C13H18BrNO2/c1-4-9(2)15-13(16)8-10-7-11(14)5-6-12(10)17-3/h5-7,9H,4,8H2,1-3H3,(H,15,16). The van der Waals surface area contributed by atoms with Crippen molar-refractivity contribution in [2.24, 2.45) is 0 Å². The number of benzene rings is 1. The Kier molecular flexibility index (Phi) is 5.48. The van der Waals surface area contributed by atoms with Crippen LogP contribution in [0.2, 0.25) is 0 Å². The van der Waals surface area contributed by atoms with E-state index in [4.69, 9.17) is 4.74 Å². The summed E-state index contributed by atoms with van der Waals surface area (Å²) < 4.78 is 6.18. The molecule has 0 spiro atoms. The summed E-state index contributed by atoms with van der Waals surface area (Å²) in [6.45, 7) is 4.04. The Bertz CT molecular complexity index is 393. The van der Waals surface area contributed by atoms with E-state index < -0.39 is 0 Å². The van der Waals surface area contributed by atoms with Gasteiger partial charge < -0.3 is 10.1 Å². The minimum Gasteiger partial charge on any atom is -0.496 e. The van der Waals surface area contributed by atoms with E-state index in [2.05, 4.69) is 21.2 Å². The largest absolute Gasteiger partial charge is 0.496 e. The molecule has 1 unspecified atom stereocenters. The van der Waals surface area contributed by atoms with Crippen LogP contribution in [0.5, 0.6) is 5.75 Å². The Morgan fingerprint density at radius 3 is 2.82 bits per heavy atom. The normalized spacial score (nSPS) is 12.0. The molecular formula is C13H18BrNO2. The molecule has 0 aliphatic rings. The third-order valence-corrected chi connectivity index (χ3v) is 3.11. The lowest BCUT2D eigenvalue weighted by molar-refractivity contribution is -0.121. The molecule has 1 amide bonds. The lowest BCUT2D eigenvalue weighted by Crippen LogP contribution is -2.33. The minimum atomic E-state index is 0.0238. The number of carbonyl (C=O) groups is 1. The van der Waals surface area contributed by atoms with Crippen LogP contribution < -0.4 is 10.1 Å². The van der Waals surface area contributed by atoms with Crippen LogP contribution in [0.15, 0.2) is 22.7 Å². The first-order valence-electron chi connectivity index (χ1n) is 5.68. The molecule has 1 N–H and O–H groups in total. The van der Waals surface area contributed by atoms with Gasteiger partial charge >= 0.3 is 0 Å². The van der Waals surface area contributed by atoms with E-state index in [-0.39, 0.29) is 11.9 Å². The highest BCUT2D eigenvalue weighted by Gasteiger charge is 2.10. The van der Waals surface area contributed by atoms with Gasteiger partial charge in [0.15, 0.2) is 0 Å². The molecule has 3 nitrogen and oxygen atoms in total. The molecule has 0 bridgehead atoms. The van der Waals surface area contributed by atoms with Crippen molar-refractivity contribution >= 4 is 21.8 Å². The van der Waals surface area contributed by atoms with E-state index in [0.29, 0.717) is 6.42 Å². The topological polar surface area (TPSA) is 38.3 Å². The van der Waals surface area contributed by atoms with E-state index in [1.165, 1.54) is 0 Å². The van der Waals surface area contributed by atoms with Crippen LogP contribution in [0.4, 0.5) is 0 Å².